The highest BCUT2D eigenvalue weighted by molar-refractivity contribution is 6.02. The van der Waals surface area contributed by atoms with Crippen LogP contribution in [0.5, 0.6) is 0 Å². The van der Waals surface area contributed by atoms with Crippen LogP contribution in [0.2, 0.25) is 0 Å². The monoisotopic (exact) mass is 319 g/mol. The SMILES string of the molecule is O=C1c2c(cccc2[N+](=O)[O-])CN1CC1CCCCN1C(=O)O. The van der Waals surface area contributed by atoms with Crippen molar-refractivity contribution >= 4 is 17.7 Å². The van der Waals surface area contributed by atoms with Gasteiger partial charge in [0.05, 0.1) is 11.0 Å². The van der Waals surface area contributed by atoms with E-state index in [1.165, 1.54) is 15.9 Å². The highest BCUT2D eigenvalue weighted by Crippen LogP contribution is 2.31. The van der Waals surface area contributed by atoms with E-state index < -0.39 is 11.0 Å². The summed E-state index contributed by atoms with van der Waals surface area (Å²) in [7, 11) is 0. The van der Waals surface area contributed by atoms with Gasteiger partial charge in [0.2, 0.25) is 0 Å². The minimum absolute atomic E-state index is 0.134. The summed E-state index contributed by atoms with van der Waals surface area (Å²) >= 11 is 0. The van der Waals surface area contributed by atoms with Crippen LogP contribution in [0.1, 0.15) is 35.2 Å². The Morgan fingerprint density at radius 2 is 2.17 bits per heavy atom. The zero-order valence-electron chi connectivity index (χ0n) is 12.5. The van der Waals surface area contributed by atoms with Gasteiger partial charge in [-0.25, -0.2) is 4.79 Å². The Bertz CT molecular complexity index is 675. The maximum absolute atomic E-state index is 12.5. The number of carbonyl (C=O) groups is 2. The van der Waals surface area contributed by atoms with Crippen LogP contribution in [0.3, 0.4) is 0 Å². The number of hydrogen-bond donors (Lipinski definition) is 1. The van der Waals surface area contributed by atoms with E-state index in [2.05, 4.69) is 0 Å². The highest BCUT2D eigenvalue weighted by Gasteiger charge is 2.37. The van der Waals surface area contributed by atoms with E-state index in [0.29, 0.717) is 25.1 Å². The third kappa shape index (κ3) is 2.71. The smallest absolute Gasteiger partial charge is 0.407 e. The van der Waals surface area contributed by atoms with Crippen molar-refractivity contribution in [3.8, 4) is 0 Å². The van der Waals surface area contributed by atoms with Crippen molar-refractivity contribution < 1.29 is 19.6 Å². The number of piperidine rings is 1. The summed E-state index contributed by atoms with van der Waals surface area (Å²) in [4.78, 5) is 37.3. The summed E-state index contributed by atoms with van der Waals surface area (Å²) in [5.74, 6) is -0.386. The molecule has 23 heavy (non-hydrogen) atoms. The molecule has 2 amide bonds. The molecule has 1 fully saturated rings. The normalized spacial score (nSPS) is 20.5. The third-order valence-corrected chi connectivity index (χ3v) is 4.49. The van der Waals surface area contributed by atoms with Gasteiger partial charge in [-0.1, -0.05) is 12.1 Å². The molecule has 1 atom stereocenters. The first-order chi connectivity index (χ1) is 11.0. The van der Waals surface area contributed by atoms with Crippen LogP contribution in [0.25, 0.3) is 0 Å². The molecule has 1 unspecified atom stereocenters. The van der Waals surface area contributed by atoms with E-state index in [1.807, 2.05) is 0 Å². The lowest BCUT2D eigenvalue weighted by Gasteiger charge is -2.35. The fourth-order valence-electron chi connectivity index (χ4n) is 3.40. The van der Waals surface area contributed by atoms with Gasteiger partial charge in [0.1, 0.15) is 5.56 Å². The lowest BCUT2D eigenvalue weighted by Crippen LogP contribution is -2.49. The number of nitro groups is 1. The molecule has 122 valence electrons. The summed E-state index contributed by atoms with van der Waals surface area (Å²) in [6.45, 7) is 1.03. The minimum atomic E-state index is -0.982. The Morgan fingerprint density at radius 1 is 1.39 bits per heavy atom. The number of hydrogen-bond acceptors (Lipinski definition) is 4. The van der Waals surface area contributed by atoms with Crippen molar-refractivity contribution in [3.63, 3.8) is 0 Å². The minimum Gasteiger partial charge on any atom is -0.465 e. The molecule has 0 saturated carbocycles. The first-order valence-corrected chi connectivity index (χ1v) is 7.54. The second-order valence-corrected chi connectivity index (χ2v) is 5.88. The van der Waals surface area contributed by atoms with Gasteiger partial charge >= 0.3 is 6.09 Å². The van der Waals surface area contributed by atoms with Crippen LogP contribution in [0.4, 0.5) is 10.5 Å². The van der Waals surface area contributed by atoms with Crippen LogP contribution >= 0.6 is 0 Å². The quantitative estimate of drug-likeness (QED) is 0.678. The van der Waals surface area contributed by atoms with Gasteiger partial charge in [0.15, 0.2) is 0 Å². The van der Waals surface area contributed by atoms with Crippen molar-refractivity contribution in [2.45, 2.75) is 31.8 Å². The molecule has 1 aromatic carbocycles. The predicted octanol–water partition coefficient (Wildman–Crippen LogP) is 2.08. The molecule has 8 heteroatoms. The zero-order valence-corrected chi connectivity index (χ0v) is 12.5. The first-order valence-electron chi connectivity index (χ1n) is 7.54. The average molecular weight is 319 g/mol. The Morgan fingerprint density at radius 3 is 2.87 bits per heavy atom. The summed E-state index contributed by atoms with van der Waals surface area (Å²) in [5, 5.41) is 20.4. The fourth-order valence-corrected chi connectivity index (χ4v) is 3.40. The standard InChI is InChI=1S/C15H17N3O5/c19-14-13-10(4-3-6-12(13)18(22)23)8-16(14)9-11-5-1-2-7-17(11)15(20)21/h3-4,6,11H,1-2,5,7-9H2,(H,20,21). The van der Waals surface area contributed by atoms with Crippen LogP contribution in [0.15, 0.2) is 18.2 Å². The van der Waals surface area contributed by atoms with Crippen molar-refractivity contribution in [1.82, 2.24) is 9.80 Å². The Kier molecular flexibility index (Phi) is 3.89. The van der Waals surface area contributed by atoms with Crippen molar-refractivity contribution in [1.29, 1.82) is 0 Å². The van der Waals surface area contributed by atoms with E-state index in [9.17, 15) is 24.8 Å². The number of amides is 2. The number of nitro benzene ring substituents is 1. The lowest BCUT2D eigenvalue weighted by molar-refractivity contribution is -0.385. The van der Waals surface area contributed by atoms with E-state index in [4.69, 9.17) is 0 Å². The van der Waals surface area contributed by atoms with Crippen LogP contribution in [-0.2, 0) is 6.54 Å². The second-order valence-electron chi connectivity index (χ2n) is 5.88. The molecule has 0 spiro atoms. The Labute approximate surface area is 132 Å². The molecule has 8 nitrogen and oxygen atoms in total. The highest BCUT2D eigenvalue weighted by atomic mass is 16.6. The molecule has 0 aliphatic carbocycles. The van der Waals surface area contributed by atoms with E-state index in [0.717, 1.165) is 12.8 Å². The van der Waals surface area contributed by atoms with Gasteiger partial charge < -0.3 is 14.9 Å². The van der Waals surface area contributed by atoms with Gasteiger partial charge in [0, 0.05) is 25.7 Å². The molecule has 3 rings (SSSR count). The summed E-state index contributed by atoms with van der Waals surface area (Å²) in [6, 6.07) is 4.34. The molecule has 0 aromatic heterocycles. The van der Waals surface area contributed by atoms with Gasteiger partial charge in [-0.3, -0.25) is 14.9 Å². The van der Waals surface area contributed by atoms with Crippen molar-refractivity contribution in [2.75, 3.05) is 13.1 Å². The topological polar surface area (TPSA) is 104 Å². The molecule has 2 heterocycles. The van der Waals surface area contributed by atoms with E-state index in [-0.39, 0.29) is 29.7 Å². The summed E-state index contributed by atoms with van der Waals surface area (Å²) in [6.07, 6.45) is 1.46. The number of fused-ring (bicyclic) bond motifs is 1. The number of benzene rings is 1. The number of rotatable bonds is 3. The number of carbonyl (C=O) groups excluding carboxylic acids is 1. The number of likely N-dealkylation sites (tertiary alicyclic amines) is 1. The van der Waals surface area contributed by atoms with Gasteiger partial charge in [-0.15, -0.1) is 0 Å². The molecule has 0 bridgehead atoms. The summed E-state index contributed by atoms with van der Waals surface area (Å²) in [5.41, 5.74) is 0.575. The molecular weight excluding hydrogens is 302 g/mol. The predicted molar refractivity (Wildman–Crippen MR) is 80.2 cm³/mol. The first kappa shape index (κ1) is 15.3. The van der Waals surface area contributed by atoms with Gasteiger partial charge in [-0.2, -0.15) is 0 Å². The van der Waals surface area contributed by atoms with Crippen LogP contribution in [0, 0.1) is 10.1 Å². The zero-order chi connectivity index (χ0) is 16.6. The maximum Gasteiger partial charge on any atom is 0.407 e. The van der Waals surface area contributed by atoms with Crippen molar-refractivity contribution in [2.24, 2.45) is 0 Å². The molecule has 1 aromatic rings. The lowest BCUT2D eigenvalue weighted by atomic mass is 10.0. The molecule has 1 saturated heterocycles. The molecule has 0 radical (unpaired) electrons. The number of carboxylic acid groups (broad SMARTS) is 1. The van der Waals surface area contributed by atoms with Crippen molar-refractivity contribution in [3.05, 3.63) is 39.4 Å². The average Bonchev–Trinajstić information content (AvgIpc) is 2.84. The fraction of sp³-hybridized carbons (Fsp3) is 0.467. The largest absolute Gasteiger partial charge is 0.465 e. The second kappa shape index (κ2) is 5.86. The molecular formula is C15H17N3O5. The summed E-state index contributed by atoms with van der Waals surface area (Å²) < 4.78 is 0. The van der Waals surface area contributed by atoms with E-state index in [1.54, 1.807) is 12.1 Å². The van der Waals surface area contributed by atoms with Gasteiger partial charge in [-0.05, 0) is 24.8 Å². The Balaban J connectivity index is 1.81. The van der Waals surface area contributed by atoms with Crippen LogP contribution < -0.4 is 0 Å². The molecule has 1 N–H and O–H groups in total. The van der Waals surface area contributed by atoms with E-state index >= 15 is 0 Å². The Hall–Kier alpha value is -2.64. The number of nitrogens with zero attached hydrogens (tertiary/aromatic N) is 3. The maximum atomic E-state index is 12.5. The van der Waals surface area contributed by atoms with Gasteiger partial charge in [0.25, 0.3) is 11.6 Å². The third-order valence-electron chi connectivity index (χ3n) is 4.49. The molecule has 2 aliphatic rings. The van der Waals surface area contributed by atoms with Crippen LogP contribution in [-0.4, -0.2) is 51.0 Å². The molecule has 2 aliphatic heterocycles.